The molecule has 4 heteroatoms. The molecular formula is C35H52N2O2. The second-order valence-electron chi connectivity index (χ2n) is 14.3. The average Bonchev–Trinajstić information content (AvgIpc) is 3.28. The van der Waals surface area contributed by atoms with Crippen molar-refractivity contribution < 1.29 is 9.53 Å². The van der Waals surface area contributed by atoms with E-state index in [9.17, 15) is 4.79 Å². The number of allylic oxidation sites excluding steroid dienone is 3. The third kappa shape index (κ3) is 5.18. The van der Waals surface area contributed by atoms with Gasteiger partial charge in [-0.1, -0.05) is 65.2 Å². The number of carbonyl (C=O) groups is 1. The molecule has 0 saturated heterocycles. The molecule has 0 spiro atoms. The molecule has 0 heterocycles. The molecule has 1 aromatic carbocycles. The van der Waals surface area contributed by atoms with Gasteiger partial charge in [0.2, 0.25) is 0 Å². The maximum absolute atomic E-state index is 12.9. The van der Waals surface area contributed by atoms with Crippen molar-refractivity contribution in [2.75, 3.05) is 11.5 Å². The molecule has 4 N–H and O–H groups in total. The Labute approximate surface area is 237 Å². The Morgan fingerprint density at radius 1 is 1.03 bits per heavy atom. The highest BCUT2D eigenvalue weighted by molar-refractivity contribution is 5.91. The second-order valence-corrected chi connectivity index (χ2v) is 14.3. The Kier molecular flexibility index (Phi) is 7.97. The van der Waals surface area contributed by atoms with Crippen LogP contribution in [0.15, 0.2) is 43.0 Å². The van der Waals surface area contributed by atoms with Crippen LogP contribution in [0.5, 0.6) is 0 Å². The van der Waals surface area contributed by atoms with E-state index in [1.165, 1.54) is 44.9 Å². The van der Waals surface area contributed by atoms with Crippen molar-refractivity contribution in [1.82, 2.24) is 0 Å². The van der Waals surface area contributed by atoms with E-state index in [2.05, 4.69) is 52.5 Å². The highest BCUT2D eigenvalue weighted by Gasteiger charge is 2.60. The summed E-state index contributed by atoms with van der Waals surface area (Å²) >= 11 is 0. The third-order valence-electron chi connectivity index (χ3n) is 11.8. The predicted molar refractivity (Wildman–Crippen MR) is 162 cm³/mol. The van der Waals surface area contributed by atoms with Crippen molar-refractivity contribution in [3.63, 3.8) is 0 Å². The quantitative estimate of drug-likeness (QED) is 0.200. The molecule has 4 nitrogen and oxygen atoms in total. The summed E-state index contributed by atoms with van der Waals surface area (Å²) in [4.78, 5) is 12.9. The molecule has 0 aromatic heterocycles. The molecule has 9 atom stereocenters. The van der Waals surface area contributed by atoms with Gasteiger partial charge in [-0.15, -0.1) is 6.58 Å². The van der Waals surface area contributed by atoms with E-state index in [-0.39, 0.29) is 17.5 Å². The van der Waals surface area contributed by atoms with E-state index in [1.54, 1.807) is 18.2 Å². The van der Waals surface area contributed by atoms with E-state index < -0.39 is 0 Å². The minimum atomic E-state index is -0.312. The fourth-order valence-electron chi connectivity index (χ4n) is 9.75. The van der Waals surface area contributed by atoms with Crippen LogP contribution in [0.4, 0.5) is 11.4 Å². The van der Waals surface area contributed by atoms with E-state index in [0.29, 0.717) is 40.1 Å². The Bertz CT molecular complexity index is 1070. The maximum atomic E-state index is 12.9. The van der Waals surface area contributed by atoms with Gasteiger partial charge in [-0.2, -0.15) is 0 Å². The zero-order valence-electron chi connectivity index (χ0n) is 24.8. The third-order valence-corrected chi connectivity index (χ3v) is 11.8. The smallest absolute Gasteiger partial charge is 0.338 e. The van der Waals surface area contributed by atoms with Crippen molar-refractivity contribution in [1.29, 1.82) is 0 Å². The normalized spacial score (nSPS) is 38.0. The molecule has 3 fully saturated rings. The number of hydrogen-bond donors (Lipinski definition) is 2. The van der Waals surface area contributed by atoms with Crippen molar-refractivity contribution in [3.05, 3.63) is 48.6 Å². The number of anilines is 2. The number of benzene rings is 1. The zero-order chi connectivity index (χ0) is 27.9. The summed E-state index contributed by atoms with van der Waals surface area (Å²) < 4.78 is 6.01. The largest absolute Gasteiger partial charge is 0.459 e. The molecule has 1 aromatic rings. The predicted octanol–water partition coefficient (Wildman–Crippen LogP) is 8.44. The Morgan fingerprint density at radius 2 is 1.77 bits per heavy atom. The second kappa shape index (κ2) is 11.0. The molecule has 0 bridgehead atoms. The summed E-state index contributed by atoms with van der Waals surface area (Å²) in [5, 5.41) is 0. The first-order valence-electron chi connectivity index (χ1n) is 15.8. The highest BCUT2D eigenvalue weighted by Crippen LogP contribution is 2.67. The Balaban J connectivity index is 1.28. The minimum absolute atomic E-state index is 0.0576. The van der Waals surface area contributed by atoms with E-state index in [1.807, 2.05) is 0 Å². The molecule has 3 saturated carbocycles. The van der Waals surface area contributed by atoms with E-state index in [4.69, 9.17) is 16.2 Å². The van der Waals surface area contributed by atoms with Gasteiger partial charge in [0.05, 0.1) is 5.56 Å². The lowest BCUT2D eigenvalue weighted by Gasteiger charge is -2.59. The van der Waals surface area contributed by atoms with Crippen LogP contribution in [0, 0.1) is 52.3 Å². The molecule has 4 aliphatic carbocycles. The van der Waals surface area contributed by atoms with Gasteiger partial charge < -0.3 is 16.2 Å². The molecule has 0 radical (unpaired) electrons. The van der Waals surface area contributed by atoms with Crippen LogP contribution in [0.3, 0.4) is 0 Å². The highest BCUT2D eigenvalue weighted by atomic mass is 16.5. The summed E-state index contributed by atoms with van der Waals surface area (Å²) in [6.07, 6.45) is 19.8. The summed E-state index contributed by atoms with van der Waals surface area (Å²) in [6, 6.07) is 4.98. The summed E-state index contributed by atoms with van der Waals surface area (Å²) in [7, 11) is 0. The summed E-state index contributed by atoms with van der Waals surface area (Å²) in [6.45, 7) is 14.2. The first kappa shape index (κ1) is 28.3. The van der Waals surface area contributed by atoms with Crippen LogP contribution in [-0.2, 0) is 4.74 Å². The molecule has 9 unspecified atom stereocenters. The van der Waals surface area contributed by atoms with Gasteiger partial charge in [-0.3, -0.25) is 0 Å². The molecular weight excluding hydrogens is 480 g/mol. The van der Waals surface area contributed by atoms with Gasteiger partial charge in [-0.25, -0.2) is 4.79 Å². The summed E-state index contributed by atoms with van der Waals surface area (Å²) in [5.74, 6) is 4.60. The molecule has 0 aliphatic heterocycles. The van der Waals surface area contributed by atoms with Crippen LogP contribution >= 0.6 is 0 Å². The lowest BCUT2D eigenvalue weighted by atomic mass is 9.46. The first-order chi connectivity index (χ1) is 18.6. The molecule has 0 amide bonds. The van der Waals surface area contributed by atoms with Gasteiger partial charge in [-0.05, 0) is 115 Å². The van der Waals surface area contributed by atoms with Crippen LogP contribution in [-0.4, -0.2) is 12.1 Å². The van der Waals surface area contributed by atoms with Crippen molar-refractivity contribution in [2.45, 2.75) is 98.0 Å². The van der Waals surface area contributed by atoms with E-state index >= 15 is 0 Å². The topological polar surface area (TPSA) is 78.3 Å². The zero-order valence-corrected chi connectivity index (χ0v) is 24.8. The standard InChI is InChI=1S/C35H52N2O2/c1-6-35-17-15-31-29(32(35)13-12-30(35)23(4)9-7-8-22(2)3)11-10-25-20-28(14-16-34(25,31)5)39-33(38)24-18-26(36)21-27(37)19-24/h6,10-11,18-19,21-23,25,28-32H,1,7-9,12-17,20,36-37H2,2-5H3. The van der Waals surface area contributed by atoms with Crippen molar-refractivity contribution >= 4 is 17.3 Å². The number of carbonyl (C=O) groups excluding carboxylic acids is 1. The average molecular weight is 533 g/mol. The van der Waals surface area contributed by atoms with Gasteiger partial charge in [0.25, 0.3) is 0 Å². The number of fused-ring (bicyclic) bond motifs is 5. The summed E-state index contributed by atoms with van der Waals surface area (Å²) in [5.41, 5.74) is 13.8. The van der Waals surface area contributed by atoms with Crippen molar-refractivity contribution in [2.24, 2.45) is 52.3 Å². The van der Waals surface area contributed by atoms with Crippen LogP contribution < -0.4 is 11.5 Å². The van der Waals surface area contributed by atoms with Crippen molar-refractivity contribution in [3.8, 4) is 0 Å². The molecule has 5 rings (SSSR count). The fraction of sp³-hybridized carbons (Fsp3) is 0.686. The van der Waals surface area contributed by atoms with Crippen LogP contribution in [0.1, 0.15) is 102 Å². The minimum Gasteiger partial charge on any atom is -0.459 e. The van der Waals surface area contributed by atoms with Gasteiger partial charge in [0.15, 0.2) is 0 Å². The Morgan fingerprint density at radius 3 is 2.46 bits per heavy atom. The lowest BCUT2D eigenvalue weighted by Crippen LogP contribution is -2.53. The molecule has 4 aliphatic rings. The van der Waals surface area contributed by atoms with Gasteiger partial charge in [0.1, 0.15) is 6.10 Å². The SMILES string of the molecule is C=CC12CCC3C(C=CC4CC(OC(=O)c5cc(N)cc(N)c5)CCC43C)C1CCC2C(C)CCCC(C)C. The maximum Gasteiger partial charge on any atom is 0.338 e. The fourth-order valence-corrected chi connectivity index (χ4v) is 9.75. The number of hydrogen-bond acceptors (Lipinski definition) is 4. The number of nitrogens with two attached hydrogens (primary N) is 2. The molecule has 214 valence electrons. The number of ether oxygens (including phenoxy) is 1. The van der Waals surface area contributed by atoms with Gasteiger partial charge >= 0.3 is 5.97 Å². The molecule has 39 heavy (non-hydrogen) atoms. The number of esters is 1. The number of nitrogen functional groups attached to an aromatic ring is 2. The Hall–Kier alpha value is -2.23. The van der Waals surface area contributed by atoms with Gasteiger partial charge in [0, 0.05) is 11.4 Å². The monoisotopic (exact) mass is 532 g/mol. The van der Waals surface area contributed by atoms with E-state index in [0.717, 1.165) is 42.9 Å². The lowest BCUT2D eigenvalue weighted by molar-refractivity contribution is -0.0769. The van der Waals surface area contributed by atoms with Crippen LogP contribution in [0.25, 0.3) is 0 Å². The van der Waals surface area contributed by atoms with Crippen LogP contribution in [0.2, 0.25) is 0 Å². The first-order valence-corrected chi connectivity index (χ1v) is 15.8. The number of rotatable bonds is 8.